The van der Waals surface area contributed by atoms with Crippen molar-refractivity contribution < 1.29 is 28.7 Å². The zero-order valence-electron chi connectivity index (χ0n) is 23.9. The summed E-state index contributed by atoms with van der Waals surface area (Å²) in [6.07, 6.45) is 1.60. The van der Waals surface area contributed by atoms with E-state index in [-0.39, 0.29) is 29.9 Å². The third kappa shape index (κ3) is 6.63. The molecule has 0 aliphatic carbocycles. The number of anilines is 1. The molecule has 1 unspecified atom stereocenters. The Labute approximate surface area is 254 Å². The van der Waals surface area contributed by atoms with Crippen LogP contribution in [0.25, 0.3) is 6.08 Å². The Hall–Kier alpha value is -5.83. The Morgan fingerprint density at radius 2 is 1.34 bits per heavy atom. The predicted octanol–water partition coefficient (Wildman–Crippen LogP) is 4.87. The van der Waals surface area contributed by atoms with Gasteiger partial charge in [-0.15, -0.1) is 0 Å². The minimum atomic E-state index is -1.17. The fourth-order valence-electron chi connectivity index (χ4n) is 4.81. The summed E-state index contributed by atoms with van der Waals surface area (Å²) in [4.78, 5) is 66.3. The maximum absolute atomic E-state index is 13.3. The lowest BCUT2D eigenvalue weighted by atomic mass is 10.0. The molecule has 0 fully saturated rings. The van der Waals surface area contributed by atoms with Gasteiger partial charge in [0.25, 0.3) is 23.6 Å². The molecule has 0 radical (unpaired) electrons. The van der Waals surface area contributed by atoms with Gasteiger partial charge in [-0.25, -0.2) is 4.79 Å². The van der Waals surface area contributed by atoms with E-state index in [1.54, 1.807) is 91.9 Å². The molecule has 9 nitrogen and oxygen atoms in total. The number of esters is 1. The Kier molecular flexibility index (Phi) is 9.05. The Bertz CT molecular complexity index is 1700. The smallest absolute Gasteiger partial charge is 0.329 e. The van der Waals surface area contributed by atoms with Gasteiger partial charge in [0.05, 0.1) is 17.7 Å². The minimum Gasteiger partial charge on any atom is -0.464 e. The van der Waals surface area contributed by atoms with Crippen LogP contribution in [-0.4, -0.2) is 47.1 Å². The summed E-state index contributed by atoms with van der Waals surface area (Å²) in [7, 11) is 0. The van der Waals surface area contributed by atoms with E-state index in [9.17, 15) is 24.0 Å². The Balaban J connectivity index is 1.33. The number of nitrogens with zero attached hydrogens (tertiary/aromatic N) is 1. The third-order valence-electron chi connectivity index (χ3n) is 6.98. The molecule has 0 spiro atoms. The minimum absolute atomic E-state index is 0.0187. The first kappa shape index (κ1) is 29.7. The summed E-state index contributed by atoms with van der Waals surface area (Å²) in [5, 5.41) is 5.49. The first-order valence-electron chi connectivity index (χ1n) is 14.0. The number of hydrogen-bond donors (Lipinski definition) is 2. The van der Waals surface area contributed by atoms with Gasteiger partial charge in [0.15, 0.2) is 0 Å². The lowest BCUT2D eigenvalue weighted by Gasteiger charge is -2.24. The number of imide groups is 1. The fraction of sp³-hybridized carbons (Fsp3) is 0.114. The molecule has 44 heavy (non-hydrogen) atoms. The molecule has 0 saturated heterocycles. The number of benzene rings is 4. The molecule has 4 amide bonds. The zero-order valence-corrected chi connectivity index (χ0v) is 23.9. The fourth-order valence-corrected chi connectivity index (χ4v) is 4.81. The molecule has 0 saturated carbocycles. The normalized spacial score (nSPS) is 13.2. The Morgan fingerprint density at radius 3 is 1.93 bits per heavy atom. The van der Waals surface area contributed by atoms with Crippen LogP contribution in [0.5, 0.6) is 0 Å². The SMILES string of the molecule is CCOC(=O)C(Cc1ccc(NC(=O)/C(=C\c2ccccc2)NC(=O)c2ccccc2)cc1)N1C(=O)c2ccccc2C1=O. The van der Waals surface area contributed by atoms with E-state index in [2.05, 4.69) is 10.6 Å². The van der Waals surface area contributed by atoms with Gasteiger partial charge in [0, 0.05) is 17.7 Å². The van der Waals surface area contributed by atoms with Crippen molar-refractivity contribution in [3.8, 4) is 0 Å². The van der Waals surface area contributed by atoms with Crippen LogP contribution in [0.4, 0.5) is 5.69 Å². The summed E-state index contributed by atoms with van der Waals surface area (Å²) < 4.78 is 5.22. The summed E-state index contributed by atoms with van der Waals surface area (Å²) in [6.45, 7) is 1.74. The van der Waals surface area contributed by atoms with E-state index >= 15 is 0 Å². The molecular formula is C35H29N3O6. The van der Waals surface area contributed by atoms with Crippen LogP contribution in [0.15, 0.2) is 115 Å². The van der Waals surface area contributed by atoms with Crippen LogP contribution in [0, 0.1) is 0 Å². The summed E-state index contributed by atoms with van der Waals surface area (Å²) in [5.41, 5.74) is 2.71. The van der Waals surface area contributed by atoms with Gasteiger partial charge >= 0.3 is 5.97 Å². The number of ether oxygens (including phenoxy) is 1. The van der Waals surface area contributed by atoms with Crippen LogP contribution in [0.3, 0.4) is 0 Å². The molecule has 1 atom stereocenters. The number of carbonyl (C=O) groups excluding carboxylic acids is 5. The second-order valence-corrected chi connectivity index (χ2v) is 9.94. The molecule has 1 aliphatic rings. The lowest BCUT2D eigenvalue weighted by molar-refractivity contribution is -0.147. The van der Waals surface area contributed by atoms with Crippen LogP contribution in [0.1, 0.15) is 49.1 Å². The Morgan fingerprint density at radius 1 is 0.773 bits per heavy atom. The number of hydrogen-bond acceptors (Lipinski definition) is 6. The van der Waals surface area contributed by atoms with Crippen molar-refractivity contribution >= 4 is 41.4 Å². The third-order valence-corrected chi connectivity index (χ3v) is 6.98. The van der Waals surface area contributed by atoms with E-state index in [0.717, 1.165) is 10.5 Å². The molecule has 220 valence electrons. The second-order valence-electron chi connectivity index (χ2n) is 9.94. The number of amides is 4. The maximum Gasteiger partial charge on any atom is 0.329 e. The number of carbonyl (C=O) groups is 5. The van der Waals surface area contributed by atoms with Crippen molar-refractivity contribution in [2.45, 2.75) is 19.4 Å². The van der Waals surface area contributed by atoms with Crippen molar-refractivity contribution in [1.82, 2.24) is 10.2 Å². The average molecular weight is 588 g/mol. The highest BCUT2D eigenvalue weighted by Gasteiger charge is 2.43. The first-order chi connectivity index (χ1) is 21.4. The number of nitrogens with one attached hydrogen (secondary N) is 2. The molecule has 5 rings (SSSR count). The molecule has 2 N–H and O–H groups in total. The summed E-state index contributed by atoms with van der Waals surface area (Å²) >= 11 is 0. The summed E-state index contributed by atoms with van der Waals surface area (Å²) in [5.74, 6) is -2.77. The van der Waals surface area contributed by atoms with Crippen LogP contribution in [-0.2, 0) is 20.7 Å². The summed E-state index contributed by atoms with van der Waals surface area (Å²) in [6, 6.07) is 29.6. The van der Waals surface area contributed by atoms with Crippen molar-refractivity contribution in [2.24, 2.45) is 0 Å². The van der Waals surface area contributed by atoms with Crippen molar-refractivity contribution in [1.29, 1.82) is 0 Å². The largest absolute Gasteiger partial charge is 0.464 e. The molecule has 9 heteroatoms. The van der Waals surface area contributed by atoms with Crippen LogP contribution in [0.2, 0.25) is 0 Å². The van der Waals surface area contributed by atoms with Crippen molar-refractivity contribution in [2.75, 3.05) is 11.9 Å². The molecule has 1 aliphatic heterocycles. The second kappa shape index (κ2) is 13.4. The first-order valence-corrected chi connectivity index (χ1v) is 14.0. The van der Waals surface area contributed by atoms with Crippen molar-refractivity contribution in [3.63, 3.8) is 0 Å². The van der Waals surface area contributed by atoms with Gasteiger partial charge in [-0.1, -0.05) is 72.8 Å². The quantitative estimate of drug-likeness (QED) is 0.155. The van der Waals surface area contributed by atoms with Gasteiger partial charge in [-0.3, -0.25) is 24.1 Å². The zero-order chi connectivity index (χ0) is 31.1. The number of fused-ring (bicyclic) bond motifs is 1. The highest BCUT2D eigenvalue weighted by atomic mass is 16.5. The molecule has 0 bridgehead atoms. The van der Waals surface area contributed by atoms with E-state index in [0.29, 0.717) is 16.8 Å². The maximum atomic E-state index is 13.3. The molecule has 0 aromatic heterocycles. The molecule has 1 heterocycles. The number of rotatable bonds is 10. The lowest BCUT2D eigenvalue weighted by Crippen LogP contribution is -2.47. The highest BCUT2D eigenvalue weighted by molar-refractivity contribution is 6.22. The molecule has 4 aromatic carbocycles. The predicted molar refractivity (Wildman–Crippen MR) is 164 cm³/mol. The van der Waals surface area contributed by atoms with Crippen molar-refractivity contribution in [3.05, 3.63) is 143 Å². The topological polar surface area (TPSA) is 122 Å². The van der Waals surface area contributed by atoms with E-state index in [1.807, 2.05) is 30.3 Å². The van der Waals surface area contributed by atoms with E-state index in [1.165, 1.54) is 0 Å². The van der Waals surface area contributed by atoms with Crippen LogP contribution < -0.4 is 10.6 Å². The standard InChI is InChI=1S/C35H29N3O6/c1-2-44-35(43)30(38-33(41)27-15-9-10-16-28(27)34(38)42)22-24-17-19-26(20-18-24)36-32(40)29(21-23-11-5-3-6-12-23)37-31(39)25-13-7-4-8-14-25/h3-21,30H,2,22H2,1H3,(H,36,40)(H,37,39)/b29-21+. The van der Waals surface area contributed by atoms with Gasteiger partial charge in [0.1, 0.15) is 11.7 Å². The van der Waals surface area contributed by atoms with Crippen LogP contribution >= 0.6 is 0 Å². The van der Waals surface area contributed by atoms with Gasteiger partial charge in [0.2, 0.25) is 0 Å². The molecular weight excluding hydrogens is 558 g/mol. The van der Waals surface area contributed by atoms with Gasteiger partial charge in [-0.05, 0) is 60.5 Å². The van der Waals surface area contributed by atoms with E-state index < -0.39 is 35.6 Å². The average Bonchev–Trinajstić information content (AvgIpc) is 3.30. The van der Waals surface area contributed by atoms with E-state index in [4.69, 9.17) is 4.74 Å². The highest BCUT2D eigenvalue weighted by Crippen LogP contribution is 2.27. The van der Waals surface area contributed by atoms with Gasteiger partial charge < -0.3 is 15.4 Å². The monoisotopic (exact) mass is 587 g/mol. The van der Waals surface area contributed by atoms with Gasteiger partial charge in [-0.2, -0.15) is 0 Å². The molecule has 4 aromatic rings.